The van der Waals surface area contributed by atoms with Gasteiger partial charge in [0.2, 0.25) is 0 Å². The number of carbonyl (C=O) groups is 1. The van der Waals surface area contributed by atoms with Crippen molar-refractivity contribution in [1.82, 2.24) is 4.90 Å². The van der Waals surface area contributed by atoms with E-state index in [9.17, 15) is 18.0 Å². The normalized spacial score (nSPS) is 14.3. The molecule has 0 N–H and O–H groups in total. The Bertz CT molecular complexity index is 1000. The average molecular weight is 528 g/mol. The quantitative estimate of drug-likeness (QED) is 0.435. The van der Waals surface area contributed by atoms with Crippen LogP contribution in [0.3, 0.4) is 0 Å². The van der Waals surface area contributed by atoms with E-state index in [0.29, 0.717) is 47.7 Å². The number of hydrogen-bond acceptors (Lipinski definition) is 3. The van der Waals surface area contributed by atoms with Crippen LogP contribution in [0.2, 0.25) is 10.0 Å². The van der Waals surface area contributed by atoms with Crippen LogP contribution in [0.4, 0.5) is 18.9 Å². The van der Waals surface area contributed by atoms with Gasteiger partial charge in [0.25, 0.3) is 5.91 Å². The summed E-state index contributed by atoms with van der Waals surface area (Å²) in [7, 11) is 0. The minimum atomic E-state index is -4.45. The van der Waals surface area contributed by atoms with Crippen LogP contribution >= 0.6 is 46.4 Å². The molecule has 0 radical (unpaired) electrons. The molecule has 1 saturated heterocycles. The molecule has 0 unspecified atom stereocenters. The molecule has 1 fully saturated rings. The largest absolute Gasteiger partial charge is 0.489 e. The number of amides is 1. The average Bonchev–Trinajstić information content (AvgIpc) is 2.75. The number of ether oxygens (including phenoxy) is 1. The molecule has 0 saturated carbocycles. The van der Waals surface area contributed by atoms with Crippen molar-refractivity contribution in [3.05, 3.63) is 68.1 Å². The van der Waals surface area contributed by atoms with Gasteiger partial charge in [-0.2, -0.15) is 13.2 Å². The molecule has 0 atom stereocenters. The van der Waals surface area contributed by atoms with E-state index in [1.54, 1.807) is 17.0 Å². The van der Waals surface area contributed by atoms with Crippen LogP contribution < -0.4 is 9.64 Å². The molecule has 2 aromatic rings. The summed E-state index contributed by atoms with van der Waals surface area (Å²) in [5.74, 6) is 0.146. The van der Waals surface area contributed by atoms with Gasteiger partial charge in [-0.1, -0.05) is 46.4 Å². The number of nitrogens with zero attached hydrogens (tertiary/aromatic N) is 2. The summed E-state index contributed by atoms with van der Waals surface area (Å²) in [6, 6.07) is 7.51. The maximum absolute atomic E-state index is 12.7. The smallest absolute Gasteiger partial charge is 0.416 e. The Balaban J connectivity index is 1.67. The first kappa shape index (κ1) is 24.8. The molecule has 2 aromatic carbocycles. The molecule has 11 heteroatoms. The topological polar surface area (TPSA) is 32.8 Å². The first-order valence-electron chi connectivity index (χ1n) is 9.40. The van der Waals surface area contributed by atoms with E-state index < -0.39 is 11.7 Å². The Morgan fingerprint density at radius 3 is 2.22 bits per heavy atom. The molecule has 3 rings (SSSR count). The lowest BCUT2D eigenvalue weighted by atomic mass is 10.1. The van der Waals surface area contributed by atoms with Crippen molar-refractivity contribution >= 4 is 58.0 Å². The highest BCUT2D eigenvalue weighted by Crippen LogP contribution is 2.37. The predicted molar refractivity (Wildman–Crippen MR) is 121 cm³/mol. The fourth-order valence-corrected chi connectivity index (χ4v) is 3.76. The number of benzene rings is 2. The van der Waals surface area contributed by atoms with Crippen molar-refractivity contribution in [2.75, 3.05) is 37.7 Å². The van der Waals surface area contributed by atoms with E-state index >= 15 is 0 Å². The Morgan fingerprint density at radius 1 is 1.03 bits per heavy atom. The zero-order valence-electron chi connectivity index (χ0n) is 16.4. The first-order valence-corrected chi connectivity index (χ1v) is 10.9. The van der Waals surface area contributed by atoms with Crippen LogP contribution in [0.15, 0.2) is 47.0 Å². The minimum absolute atomic E-state index is 0.0825. The van der Waals surface area contributed by atoms with Gasteiger partial charge in [-0.3, -0.25) is 4.79 Å². The van der Waals surface area contributed by atoms with Gasteiger partial charge in [0.15, 0.2) is 0 Å². The van der Waals surface area contributed by atoms with Gasteiger partial charge in [-0.25, -0.2) is 0 Å². The highest BCUT2D eigenvalue weighted by Gasteiger charge is 2.31. The second-order valence-electron chi connectivity index (χ2n) is 6.90. The van der Waals surface area contributed by atoms with Crippen LogP contribution in [-0.4, -0.2) is 43.6 Å². The van der Waals surface area contributed by atoms with E-state index in [0.717, 1.165) is 12.1 Å². The van der Waals surface area contributed by atoms with Crippen molar-refractivity contribution in [2.45, 2.75) is 6.18 Å². The van der Waals surface area contributed by atoms with Gasteiger partial charge in [0.1, 0.15) is 16.8 Å². The zero-order chi connectivity index (χ0) is 23.5. The summed E-state index contributed by atoms with van der Waals surface area (Å²) in [4.78, 5) is 16.2. The summed E-state index contributed by atoms with van der Waals surface area (Å²) in [5.41, 5.74) is 0.0574. The monoisotopic (exact) mass is 526 g/mol. The molecule has 4 nitrogen and oxygen atoms in total. The van der Waals surface area contributed by atoms with Crippen LogP contribution in [0.1, 0.15) is 15.9 Å². The number of rotatable bonds is 5. The van der Waals surface area contributed by atoms with E-state index in [2.05, 4.69) is 0 Å². The summed E-state index contributed by atoms with van der Waals surface area (Å²) >= 11 is 23.8. The van der Waals surface area contributed by atoms with E-state index in [1.807, 2.05) is 4.90 Å². The molecule has 0 spiro atoms. The maximum atomic E-state index is 12.7. The number of piperazine rings is 1. The van der Waals surface area contributed by atoms with Crippen molar-refractivity contribution < 1.29 is 22.7 Å². The number of anilines is 1. The van der Waals surface area contributed by atoms with Gasteiger partial charge in [-0.15, -0.1) is 0 Å². The lowest BCUT2D eigenvalue weighted by Crippen LogP contribution is -2.48. The summed E-state index contributed by atoms with van der Waals surface area (Å²) < 4.78 is 43.8. The molecule has 1 amide bonds. The predicted octanol–water partition coefficient (Wildman–Crippen LogP) is 6.67. The van der Waals surface area contributed by atoms with E-state index in [-0.39, 0.29) is 22.6 Å². The Morgan fingerprint density at radius 2 is 1.66 bits per heavy atom. The maximum Gasteiger partial charge on any atom is 0.416 e. The van der Waals surface area contributed by atoms with E-state index in [1.165, 1.54) is 18.2 Å². The molecular weight excluding hydrogens is 511 g/mol. The number of alkyl halides is 3. The molecule has 0 aliphatic carbocycles. The molecule has 32 heavy (non-hydrogen) atoms. The number of halogens is 7. The number of hydrogen-bond donors (Lipinski definition) is 0. The Hall–Kier alpha value is -1.80. The van der Waals surface area contributed by atoms with Gasteiger partial charge in [0.05, 0.1) is 21.3 Å². The van der Waals surface area contributed by atoms with Crippen LogP contribution in [0, 0.1) is 0 Å². The van der Waals surface area contributed by atoms with Gasteiger partial charge in [-0.05, 0) is 30.3 Å². The molecule has 0 bridgehead atoms. The second kappa shape index (κ2) is 10.4. The van der Waals surface area contributed by atoms with Gasteiger partial charge < -0.3 is 14.5 Å². The van der Waals surface area contributed by atoms with E-state index in [4.69, 9.17) is 51.1 Å². The lowest BCUT2D eigenvalue weighted by Gasteiger charge is -2.36. The van der Waals surface area contributed by atoms with Crippen molar-refractivity contribution in [3.8, 4) is 5.75 Å². The Kier molecular flexibility index (Phi) is 8.09. The van der Waals surface area contributed by atoms with Crippen molar-refractivity contribution in [3.63, 3.8) is 0 Å². The fourth-order valence-electron chi connectivity index (χ4n) is 3.20. The molecule has 172 valence electrons. The van der Waals surface area contributed by atoms with Crippen LogP contribution in [-0.2, 0) is 6.18 Å². The lowest BCUT2D eigenvalue weighted by molar-refractivity contribution is -0.137. The first-order chi connectivity index (χ1) is 15.1. The molecule has 1 heterocycles. The highest BCUT2D eigenvalue weighted by atomic mass is 35.5. The summed E-state index contributed by atoms with van der Waals surface area (Å²) in [6.45, 7) is 1.79. The van der Waals surface area contributed by atoms with Gasteiger partial charge in [0, 0.05) is 43.9 Å². The third-order valence-electron chi connectivity index (χ3n) is 4.84. The third-order valence-corrected chi connectivity index (χ3v) is 5.94. The van der Waals surface area contributed by atoms with Gasteiger partial charge >= 0.3 is 6.18 Å². The molecular formula is C21H17Cl4F3N2O2. The molecule has 1 aliphatic heterocycles. The standard InChI is InChI=1S/C21H17Cl4F3N2O2/c22-16-11-15(32-10-5-18(23)24)12-17(19(16)25)29-6-8-30(9-7-29)20(31)13-1-3-14(4-2-13)21(26,27)28/h1-5,11-12H,6-10H2. The zero-order valence-corrected chi connectivity index (χ0v) is 19.5. The van der Waals surface area contributed by atoms with Crippen molar-refractivity contribution in [2.24, 2.45) is 0 Å². The summed E-state index contributed by atoms with van der Waals surface area (Å²) in [5, 5.41) is 0.663. The Labute approximate surface area is 203 Å². The summed E-state index contributed by atoms with van der Waals surface area (Å²) in [6.07, 6.45) is -2.96. The fraction of sp³-hybridized carbons (Fsp3) is 0.286. The van der Waals surface area contributed by atoms with Crippen LogP contribution in [0.25, 0.3) is 0 Å². The van der Waals surface area contributed by atoms with Crippen LogP contribution in [0.5, 0.6) is 5.75 Å². The molecule has 0 aromatic heterocycles. The minimum Gasteiger partial charge on any atom is -0.489 e. The third kappa shape index (κ3) is 6.16. The van der Waals surface area contributed by atoms with Crippen molar-refractivity contribution in [1.29, 1.82) is 0 Å². The second-order valence-corrected chi connectivity index (χ2v) is 8.69. The molecule has 1 aliphatic rings. The SMILES string of the molecule is O=C(c1ccc(C(F)(F)F)cc1)N1CCN(c2cc(OCC=C(Cl)Cl)cc(Cl)c2Cl)CC1. The number of carbonyl (C=O) groups excluding carboxylic acids is 1. The highest BCUT2D eigenvalue weighted by molar-refractivity contribution is 6.55.